The van der Waals surface area contributed by atoms with Gasteiger partial charge in [0.1, 0.15) is 0 Å². The van der Waals surface area contributed by atoms with Crippen LogP contribution in [0.4, 0.5) is 0 Å². The Morgan fingerprint density at radius 2 is 1.94 bits per heavy atom. The van der Waals surface area contributed by atoms with Crippen LogP contribution in [0.1, 0.15) is 49.8 Å². The molecule has 0 amide bonds. The van der Waals surface area contributed by atoms with Crippen LogP contribution in [0.5, 0.6) is 0 Å². The maximum atomic E-state index is 4.51. The summed E-state index contributed by atoms with van der Waals surface area (Å²) < 4.78 is 0. The number of aromatic nitrogens is 1. The van der Waals surface area contributed by atoms with E-state index in [0.717, 1.165) is 12.3 Å². The summed E-state index contributed by atoms with van der Waals surface area (Å²) in [5.41, 5.74) is 2.47. The number of halogens is 1. The molecule has 1 unspecified atom stereocenters. The van der Waals surface area contributed by atoms with Gasteiger partial charge in [0, 0.05) is 23.1 Å². The first kappa shape index (κ1) is 13.1. The second-order valence-corrected chi connectivity index (χ2v) is 6.47. The Morgan fingerprint density at radius 1 is 1.24 bits per heavy atom. The molecule has 0 aliphatic heterocycles. The molecule has 94 valence electrons. The molecule has 17 heavy (non-hydrogen) atoms. The summed E-state index contributed by atoms with van der Waals surface area (Å²) >= 11 is 3.89. The van der Waals surface area contributed by atoms with Gasteiger partial charge in [-0.2, -0.15) is 0 Å². The molecule has 1 atom stereocenters. The zero-order chi connectivity index (χ0) is 12.1. The van der Waals surface area contributed by atoms with Crippen molar-refractivity contribution in [3.05, 3.63) is 29.6 Å². The highest BCUT2D eigenvalue weighted by Gasteiger charge is 2.20. The second kappa shape index (κ2) is 6.53. The van der Waals surface area contributed by atoms with E-state index in [1.165, 1.54) is 49.8 Å². The van der Waals surface area contributed by atoms with E-state index in [0.29, 0.717) is 4.83 Å². The van der Waals surface area contributed by atoms with E-state index in [4.69, 9.17) is 0 Å². The summed E-state index contributed by atoms with van der Waals surface area (Å²) in [4.78, 5) is 5.11. The summed E-state index contributed by atoms with van der Waals surface area (Å²) in [6, 6.07) is 4.33. The summed E-state index contributed by atoms with van der Waals surface area (Å²) in [6.07, 6.45) is 11.5. The molecule has 1 aliphatic carbocycles. The summed E-state index contributed by atoms with van der Waals surface area (Å²) in [5, 5.41) is 0. The third-order valence-electron chi connectivity index (χ3n) is 3.79. The Kier molecular flexibility index (Phi) is 5.02. The molecule has 0 saturated heterocycles. The van der Waals surface area contributed by atoms with Gasteiger partial charge in [-0.15, -0.1) is 0 Å². The van der Waals surface area contributed by atoms with Crippen LogP contribution in [0.3, 0.4) is 0 Å². The largest absolute Gasteiger partial charge is 0.261 e. The van der Waals surface area contributed by atoms with Crippen LogP contribution in [0.15, 0.2) is 18.3 Å². The highest BCUT2D eigenvalue weighted by Crippen LogP contribution is 2.30. The van der Waals surface area contributed by atoms with Gasteiger partial charge in [-0.3, -0.25) is 4.98 Å². The van der Waals surface area contributed by atoms with E-state index >= 15 is 0 Å². The van der Waals surface area contributed by atoms with Gasteiger partial charge >= 0.3 is 0 Å². The molecule has 1 saturated carbocycles. The average molecular weight is 296 g/mol. The SMILES string of the molecule is Cc1ccc(CC(Br)C2CCCCCC2)nc1. The number of pyridine rings is 1. The lowest BCUT2D eigenvalue weighted by atomic mass is 9.94. The van der Waals surface area contributed by atoms with Crippen molar-refractivity contribution in [3.63, 3.8) is 0 Å². The molecule has 1 aliphatic rings. The molecule has 1 aromatic rings. The van der Waals surface area contributed by atoms with Crippen LogP contribution in [-0.2, 0) is 6.42 Å². The van der Waals surface area contributed by atoms with Gasteiger partial charge in [0.2, 0.25) is 0 Å². The monoisotopic (exact) mass is 295 g/mol. The van der Waals surface area contributed by atoms with Crippen molar-refractivity contribution in [2.75, 3.05) is 0 Å². The van der Waals surface area contributed by atoms with Crippen LogP contribution in [0, 0.1) is 12.8 Å². The molecule has 1 aromatic heterocycles. The molecule has 1 fully saturated rings. The first-order valence-corrected chi connectivity index (χ1v) is 7.73. The number of hydrogen-bond donors (Lipinski definition) is 0. The lowest BCUT2D eigenvalue weighted by molar-refractivity contribution is 0.443. The predicted molar refractivity (Wildman–Crippen MR) is 76.6 cm³/mol. The molecule has 2 heteroatoms. The maximum Gasteiger partial charge on any atom is 0.0415 e. The van der Waals surface area contributed by atoms with Crippen molar-refractivity contribution < 1.29 is 0 Å². The zero-order valence-corrected chi connectivity index (χ0v) is 12.2. The minimum atomic E-state index is 0.607. The number of nitrogens with zero attached hydrogens (tertiary/aromatic N) is 1. The smallest absolute Gasteiger partial charge is 0.0415 e. The Balaban J connectivity index is 1.90. The molecule has 0 aromatic carbocycles. The third kappa shape index (κ3) is 4.09. The van der Waals surface area contributed by atoms with Crippen molar-refractivity contribution in [2.24, 2.45) is 5.92 Å². The highest BCUT2D eigenvalue weighted by molar-refractivity contribution is 9.09. The highest BCUT2D eigenvalue weighted by atomic mass is 79.9. The number of alkyl halides is 1. The fourth-order valence-corrected chi connectivity index (χ4v) is 3.52. The summed E-state index contributed by atoms with van der Waals surface area (Å²) in [6.45, 7) is 2.09. The van der Waals surface area contributed by atoms with Crippen molar-refractivity contribution in [1.82, 2.24) is 4.98 Å². The molecule has 1 heterocycles. The normalized spacial score (nSPS) is 19.9. The lowest BCUT2D eigenvalue weighted by Crippen LogP contribution is -2.17. The van der Waals surface area contributed by atoms with Crippen LogP contribution in [0.25, 0.3) is 0 Å². The van der Waals surface area contributed by atoms with Gasteiger partial charge < -0.3 is 0 Å². The molecule has 0 spiro atoms. The molecule has 0 bridgehead atoms. The van der Waals surface area contributed by atoms with Gasteiger partial charge in [-0.1, -0.05) is 47.7 Å². The summed E-state index contributed by atoms with van der Waals surface area (Å²) in [5.74, 6) is 0.848. The molecule has 1 nitrogen and oxygen atoms in total. The average Bonchev–Trinajstić information content (AvgIpc) is 2.61. The summed E-state index contributed by atoms with van der Waals surface area (Å²) in [7, 11) is 0. The quantitative estimate of drug-likeness (QED) is 0.583. The zero-order valence-electron chi connectivity index (χ0n) is 10.7. The van der Waals surface area contributed by atoms with Gasteiger partial charge in [0.15, 0.2) is 0 Å². The van der Waals surface area contributed by atoms with Gasteiger partial charge in [-0.05, 0) is 37.3 Å². The minimum absolute atomic E-state index is 0.607. The van der Waals surface area contributed by atoms with Crippen LogP contribution in [-0.4, -0.2) is 9.81 Å². The number of hydrogen-bond acceptors (Lipinski definition) is 1. The molecular weight excluding hydrogens is 274 g/mol. The second-order valence-electron chi connectivity index (χ2n) is 5.30. The Bertz CT molecular complexity index is 325. The van der Waals surface area contributed by atoms with E-state index < -0.39 is 0 Å². The lowest BCUT2D eigenvalue weighted by Gasteiger charge is -2.20. The van der Waals surface area contributed by atoms with E-state index in [1.54, 1.807) is 0 Å². The Labute approximate surface area is 113 Å². The van der Waals surface area contributed by atoms with Crippen molar-refractivity contribution in [1.29, 1.82) is 0 Å². The van der Waals surface area contributed by atoms with Crippen molar-refractivity contribution in [3.8, 4) is 0 Å². The first-order chi connectivity index (χ1) is 8.25. The van der Waals surface area contributed by atoms with Gasteiger partial charge in [0.05, 0.1) is 0 Å². The molecular formula is C15H22BrN. The number of rotatable bonds is 3. The van der Waals surface area contributed by atoms with Crippen LogP contribution < -0.4 is 0 Å². The predicted octanol–water partition coefficient (Wildman–Crippen LogP) is 4.67. The Hall–Kier alpha value is -0.370. The van der Waals surface area contributed by atoms with E-state index in [9.17, 15) is 0 Å². The van der Waals surface area contributed by atoms with Crippen molar-refractivity contribution >= 4 is 15.9 Å². The van der Waals surface area contributed by atoms with E-state index in [1.807, 2.05) is 6.20 Å². The van der Waals surface area contributed by atoms with E-state index in [-0.39, 0.29) is 0 Å². The van der Waals surface area contributed by atoms with Gasteiger partial charge in [-0.25, -0.2) is 0 Å². The first-order valence-electron chi connectivity index (χ1n) is 6.81. The standard InChI is InChI=1S/C15H22BrN/c1-12-8-9-14(17-11-12)10-15(16)13-6-4-2-3-5-7-13/h8-9,11,13,15H,2-7,10H2,1H3. The van der Waals surface area contributed by atoms with Crippen molar-refractivity contribution in [2.45, 2.75) is 56.7 Å². The fraction of sp³-hybridized carbons (Fsp3) is 0.667. The molecule has 0 N–H and O–H groups in total. The maximum absolute atomic E-state index is 4.51. The number of aryl methyl sites for hydroxylation is 1. The fourth-order valence-electron chi connectivity index (χ4n) is 2.66. The molecule has 2 rings (SSSR count). The minimum Gasteiger partial charge on any atom is -0.261 e. The topological polar surface area (TPSA) is 12.9 Å². The van der Waals surface area contributed by atoms with Crippen LogP contribution >= 0.6 is 15.9 Å². The van der Waals surface area contributed by atoms with Gasteiger partial charge in [0.25, 0.3) is 0 Å². The van der Waals surface area contributed by atoms with E-state index in [2.05, 4.69) is 40.0 Å². The van der Waals surface area contributed by atoms with Crippen LogP contribution in [0.2, 0.25) is 0 Å². The third-order valence-corrected chi connectivity index (χ3v) is 4.86. The Morgan fingerprint density at radius 3 is 2.53 bits per heavy atom. The molecule has 0 radical (unpaired) electrons.